The molecule has 0 atom stereocenters. The molecule has 1 aliphatic rings. The minimum Gasteiger partial charge on any atom is -0.355 e. The molecule has 0 radical (unpaired) electrons. The smallest absolute Gasteiger partial charge is 0.253 e. The SMILES string of the molecule is CC1(c2ccc(F)cc2)CCN(C(=O)c2ccc(-c3ccc(F)cc3)cc2)CC1.Cc1ccc(CNC=O)cc1. The van der Waals surface area contributed by atoms with Crippen molar-refractivity contribution in [1.29, 1.82) is 0 Å². The number of nitrogens with one attached hydrogen (secondary N) is 1. The molecule has 0 bridgehead atoms. The molecule has 0 aliphatic carbocycles. The van der Waals surface area contributed by atoms with E-state index in [1.807, 2.05) is 72.5 Å². The number of halogens is 2. The van der Waals surface area contributed by atoms with Crippen molar-refractivity contribution in [3.8, 4) is 11.1 Å². The van der Waals surface area contributed by atoms with Gasteiger partial charge < -0.3 is 10.2 Å². The number of piperidine rings is 1. The molecule has 1 aliphatic heterocycles. The summed E-state index contributed by atoms with van der Waals surface area (Å²) in [6.07, 6.45) is 2.40. The summed E-state index contributed by atoms with van der Waals surface area (Å²) in [6, 6.07) is 28.5. The summed E-state index contributed by atoms with van der Waals surface area (Å²) in [5, 5.41) is 2.60. The van der Waals surface area contributed by atoms with Gasteiger partial charge in [-0.2, -0.15) is 0 Å². The highest BCUT2D eigenvalue weighted by Crippen LogP contribution is 2.35. The van der Waals surface area contributed by atoms with E-state index < -0.39 is 0 Å². The predicted octanol–water partition coefficient (Wildman–Crippen LogP) is 7.07. The highest BCUT2D eigenvalue weighted by molar-refractivity contribution is 5.94. The summed E-state index contributed by atoms with van der Waals surface area (Å²) in [5.74, 6) is -0.468. The Labute approximate surface area is 234 Å². The van der Waals surface area contributed by atoms with E-state index in [-0.39, 0.29) is 23.0 Å². The fourth-order valence-electron chi connectivity index (χ4n) is 4.84. The van der Waals surface area contributed by atoms with Gasteiger partial charge in [-0.25, -0.2) is 8.78 Å². The van der Waals surface area contributed by atoms with Gasteiger partial charge in [0.1, 0.15) is 11.6 Å². The number of hydrogen-bond acceptors (Lipinski definition) is 2. The molecule has 6 heteroatoms. The Balaban J connectivity index is 0.000000283. The summed E-state index contributed by atoms with van der Waals surface area (Å²) in [7, 11) is 0. The fraction of sp³-hybridized carbons (Fsp3) is 0.235. The van der Waals surface area contributed by atoms with Crippen LogP contribution in [0, 0.1) is 18.6 Å². The Bertz CT molecular complexity index is 1390. The highest BCUT2D eigenvalue weighted by Gasteiger charge is 2.33. The average Bonchev–Trinajstić information content (AvgIpc) is 2.98. The molecule has 40 heavy (non-hydrogen) atoms. The van der Waals surface area contributed by atoms with Crippen molar-refractivity contribution >= 4 is 12.3 Å². The van der Waals surface area contributed by atoms with E-state index in [4.69, 9.17) is 0 Å². The zero-order valence-electron chi connectivity index (χ0n) is 22.9. The number of carbonyl (C=O) groups is 2. The van der Waals surface area contributed by atoms with Crippen LogP contribution < -0.4 is 5.32 Å². The minimum absolute atomic E-state index is 0.0248. The van der Waals surface area contributed by atoms with Crippen LogP contribution in [-0.2, 0) is 16.8 Å². The standard InChI is InChI=1S/C25H23F2NO.C9H11NO/c1-25(21-8-12-23(27)13-9-21)14-16-28(17-15-25)24(29)20-4-2-18(3-5-20)19-6-10-22(26)11-7-19;1-8-2-4-9(5-3-8)6-10-7-11/h2-13H,14-17H2,1H3;2-5,7H,6H2,1H3,(H,10,11). The van der Waals surface area contributed by atoms with Crippen LogP contribution >= 0.6 is 0 Å². The van der Waals surface area contributed by atoms with Gasteiger partial charge in [0, 0.05) is 25.2 Å². The van der Waals surface area contributed by atoms with Gasteiger partial charge in [0.2, 0.25) is 6.41 Å². The van der Waals surface area contributed by atoms with Crippen molar-refractivity contribution in [2.75, 3.05) is 13.1 Å². The highest BCUT2D eigenvalue weighted by atomic mass is 19.1. The van der Waals surface area contributed by atoms with Crippen LogP contribution in [0.25, 0.3) is 11.1 Å². The molecule has 0 unspecified atom stereocenters. The second-order valence-electron chi connectivity index (χ2n) is 10.4. The third kappa shape index (κ3) is 7.41. The van der Waals surface area contributed by atoms with Crippen molar-refractivity contribution < 1.29 is 18.4 Å². The number of likely N-dealkylation sites (tertiary alicyclic amines) is 1. The number of nitrogens with zero attached hydrogens (tertiary/aromatic N) is 1. The zero-order valence-corrected chi connectivity index (χ0v) is 22.9. The quantitative estimate of drug-likeness (QED) is 0.266. The molecule has 206 valence electrons. The molecular weight excluding hydrogens is 506 g/mol. The zero-order chi connectivity index (χ0) is 28.5. The second kappa shape index (κ2) is 13.2. The van der Waals surface area contributed by atoms with Gasteiger partial charge in [0.25, 0.3) is 5.91 Å². The van der Waals surface area contributed by atoms with E-state index in [2.05, 4.69) is 12.2 Å². The van der Waals surface area contributed by atoms with Crippen LogP contribution in [0.1, 0.15) is 46.8 Å². The fourth-order valence-corrected chi connectivity index (χ4v) is 4.84. The predicted molar refractivity (Wildman–Crippen MR) is 155 cm³/mol. The second-order valence-corrected chi connectivity index (χ2v) is 10.4. The normalized spacial score (nSPS) is 14.1. The number of benzene rings is 4. The van der Waals surface area contributed by atoms with Crippen molar-refractivity contribution in [2.24, 2.45) is 0 Å². The lowest BCUT2D eigenvalue weighted by molar-refractivity contribution is -0.109. The molecule has 2 amide bonds. The maximum Gasteiger partial charge on any atom is 0.253 e. The van der Waals surface area contributed by atoms with E-state index in [1.165, 1.54) is 29.8 Å². The van der Waals surface area contributed by atoms with E-state index in [1.54, 1.807) is 12.1 Å². The lowest BCUT2D eigenvalue weighted by atomic mass is 9.74. The molecule has 5 rings (SSSR count). The molecule has 0 aromatic heterocycles. The van der Waals surface area contributed by atoms with Crippen molar-refractivity contribution in [3.05, 3.63) is 131 Å². The molecule has 1 N–H and O–H groups in total. The van der Waals surface area contributed by atoms with Gasteiger partial charge in [-0.15, -0.1) is 0 Å². The number of aryl methyl sites for hydroxylation is 1. The first-order chi connectivity index (χ1) is 19.3. The first-order valence-electron chi connectivity index (χ1n) is 13.4. The van der Waals surface area contributed by atoms with Crippen LogP contribution in [0.5, 0.6) is 0 Å². The van der Waals surface area contributed by atoms with Gasteiger partial charge in [-0.1, -0.05) is 73.2 Å². The molecule has 0 saturated carbocycles. The minimum atomic E-state index is -0.265. The monoisotopic (exact) mass is 540 g/mol. The van der Waals surface area contributed by atoms with Crippen molar-refractivity contribution in [2.45, 2.75) is 38.6 Å². The largest absolute Gasteiger partial charge is 0.355 e. The maximum absolute atomic E-state index is 13.2. The van der Waals surface area contributed by atoms with Crippen LogP contribution in [-0.4, -0.2) is 30.3 Å². The molecule has 1 saturated heterocycles. The summed E-state index contributed by atoms with van der Waals surface area (Å²) in [5.41, 5.74) is 5.96. The molecule has 4 aromatic rings. The maximum atomic E-state index is 13.2. The third-order valence-corrected chi connectivity index (χ3v) is 7.51. The topological polar surface area (TPSA) is 49.4 Å². The Morgan fingerprint density at radius 2 is 1.30 bits per heavy atom. The van der Waals surface area contributed by atoms with Crippen molar-refractivity contribution in [1.82, 2.24) is 10.2 Å². The van der Waals surface area contributed by atoms with Crippen LogP contribution in [0.4, 0.5) is 8.78 Å². The van der Waals surface area contributed by atoms with Crippen molar-refractivity contribution in [3.63, 3.8) is 0 Å². The van der Waals surface area contributed by atoms with Gasteiger partial charge in [-0.3, -0.25) is 9.59 Å². The lowest BCUT2D eigenvalue weighted by Crippen LogP contribution is -2.43. The van der Waals surface area contributed by atoms with Crippen LogP contribution in [0.2, 0.25) is 0 Å². The van der Waals surface area contributed by atoms with Crippen LogP contribution in [0.3, 0.4) is 0 Å². The average molecular weight is 541 g/mol. The molecule has 0 spiro atoms. The van der Waals surface area contributed by atoms with Gasteiger partial charge in [0.05, 0.1) is 0 Å². The Kier molecular flexibility index (Phi) is 9.43. The molecule has 1 fully saturated rings. The van der Waals surface area contributed by atoms with Crippen LogP contribution in [0.15, 0.2) is 97.1 Å². The molecule has 4 nitrogen and oxygen atoms in total. The number of carbonyl (C=O) groups excluding carboxylic acids is 2. The van der Waals surface area contributed by atoms with Gasteiger partial charge in [-0.05, 0) is 83.8 Å². The molecule has 1 heterocycles. The Hall–Kier alpha value is -4.32. The number of amides is 2. The number of rotatable bonds is 6. The molecule has 4 aromatic carbocycles. The Morgan fingerprint density at radius 1 is 0.800 bits per heavy atom. The molecular formula is C34H34F2N2O2. The Morgan fingerprint density at radius 3 is 1.82 bits per heavy atom. The van der Waals surface area contributed by atoms with Gasteiger partial charge in [0.15, 0.2) is 0 Å². The summed E-state index contributed by atoms with van der Waals surface area (Å²) < 4.78 is 26.3. The summed E-state index contributed by atoms with van der Waals surface area (Å²) in [6.45, 7) is 6.18. The third-order valence-electron chi connectivity index (χ3n) is 7.51. The summed E-state index contributed by atoms with van der Waals surface area (Å²) in [4.78, 5) is 24.7. The first kappa shape index (κ1) is 28.7. The lowest BCUT2D eigenvalue weighted by Gasteiger charge is -2.40. The van der Waals surface area contributed by atoms with Gasteiger partial charge >= 0.3 is 0 Å². The van der Waals surface area contributed by atoms with E-state index in [0.717, 1.165) is 35.1 Å². The number of hydrogen-bond donors (Lipinski definition) is 1. The first-order valence-corrected chi connectivity index (χ1v) is 13.4. The van der Waals surface area contributed by atoms with E-state index in [0.29, 0.717) is 31.6 Å². The van der Waals surface area contributed by atoms with E-state index >= 15 is 0 Å². The van der Waals surface area contributed by atoms with E-state index in [9.17, 15) is 18.4 Å². The summed E-state index contributed by atoms with van der Waals surface area (Å²) >= 11 is 0.